The molecule has 1 aromatic heterocycles. The molecule has 4 nitrogen and oxygen atoms in total. The summed E-state index contributed by atoms with van der Waals surface area (Å²) in [5.74, 6) is 0.441. The first-order valence-corrected chi connectivity index (χ1v) is 4.65. The molecule has 2 rings (SSSR count). The maximum absolute atomic E-state index is 11.1. The van der Waals surface area contributed by atoms with Crippen LogP contribution in [0.2, 0.25) is 5.02 Å². The van der Waals surface area contributed by atoms with Crippen molar-refractivity contribution in [1.29, 1.82) is 0 Å². The topological polar surface area (TPSA) is 71.8 Å². The highest BCUT2D eigenvalue weighted by molar-refractivity contribution is 6.31. The fraction of sp³-hybridized carbons (Fsp3) is 0. The first-order chi connectivity index (χ1) is 7.16. The quantitative estimate of drug-likeness (QED) is 0.720. The summed E-state index contributed by atoms with van der Waals surface area (Å²) in [5.41, 5.74) is 6.69. The van der Waals surface area contributed by atoms with Crippen molar-refractivity contribution in [2.75, 3.05) is 5.73 Å². The first-order valence-electron chi connectivity index (χ1n) is 4.27. The van der Waals surface area contributed by atoms with E-state index in [0.29, 0.717) is 22.1 Å². The van der Waals surface area contributed by atoms with Crippen molar-refractivity contribution in [3.8, 4) is 11.4 Å². The zero-order chi connectivity index (χ0) is 10.8. The van der Waals surface area contributed by atoms with Gasteiger partial charge in [-0.3, -0.25) is 4.79 Å². The molecule has 76 valence electrons. The van der Waals surface area contributed by atoms with Crippen molar-refractivity contribution in [2.45, 2.75) is 0 Å². The monoisotopic (exact) mass is 221 g/mol. The number of nitrogens with one attached hydrogen (secondary N) is 1. The van der Waals surface area contributed by atoms with Crippen LogP contribution in [0.3, 0.4) is 0 Å². The van der Waals surface area contributed by atoms with Gasteiger partial charge < -0.3 is 10.7 Å². The van der Waals surface area contributed by atoms with Crippen LogP contribution in [0.5, 0.6) is 0 Å². The van der Waals surface area contributed by atoms with Crippen LogP contribution in [-0.4, -0.2) is 9.97 Å². The van der Waals surface area contributed by atoms with Gasteiger partial charge in [0.15, 0.2) is 0 Å². The number of hydrogen-bond acceptors (Lipinski definition) is 3. The Morgan fingerprint density at radius 2 is 2.13 bits per heavy atom. The summed E-state index contributed by atoms with van der Waals surface area (Å²) in [7, 11) is 0. The zero-order valence-electron chi connectivity index (χ0n) is 7.70. The third-order valence-corrected chi connectivity index (χ3v) is 2.17. The molecule has 0 aliphatic heterocycles. The molecule has 0 radical (unpaired) electrons. The molecule has 1 aromatic carbocycles. The number of H-pyrrole nitrogens is 1. The van der Waals surface area contributed by atoms with E-state index in [1.54, 1.807) is 18.2 Å². The lowest BCUT2D eigenvalue weighted by Crippen LogP contribution is -2.06. The van der Waals surface area contributed by atoms with Gasteiger partial charge in [-0.15, -0.1) is 0 Å². The molecule has 0 aliphatic rings. The van der Waals surface area contributed by atoms with E-state index in [1.807, 2.05) is 0 Å². The lowest BCUT2D eigenvalue weighted by Gasteiger charge is -2.04. The van der Waals surface area contributed by atoms with E-state index in [1.165, 1.54) is 12.3 Å². The molecule has 2 aromatic rings. The van der Waals surface area contributed by atoms with E-state index in [2.05, 4.69) is 9.97 Å². The fourth-order valence-electron chi connectivity index (χ4n) is 1.26. The molecule has 15 heavy (non-hydrogen) atoms. The number of halogens is 1. The third-order valence-electron chi connectivity index (χ3n) is 1.94. The largest absolute Gasteiger partial charge is 0.398 e. The molecule has 5 heteroatoms. The van der Waals surface area contributed by atoms with Gasteiger partial charge >= 0.3 is 0 Å². The van der Waals surface area contributed by atoms with Crippen molar-refractivity contribution >= 4 is 17.3 Å². The number of nitrogens with two attached hydrogens (primary N) is 1. The molecule has 0 unspecified atom stereocenters. The average Bonchev–Trinajstić information content (AvgIpc) is 2.17. The van der Waals surface area contributed by atoms with E-state index in [9.17, 15) is 4.79 Å². The minimum absolute atomic E-state index is 0.214. The Bertz CT molecular complexity index is 550. The standard InChI is InChI=1S/C10H8ClN3O/c11-6-1-2-7(8(12)5-6)10-13-4-3-9(15)14-10/h1-5H,12H2,(H,13,14,15). The molecule has 0 spiro atoms. The van der Waals surface area contributed by atoms with Gasteiger partial charge in [-0.1, -0.05) is 11.6 Å². The maximum Gasteiger partial charge on any atom is 0.251 e. The zero-order valence-corrected chi connectivity index (χ0v) is 8.45. The molecule has 0 amide bonds. The van der Waals surface area contributed by atoms with E-state index in [4.69, 9.17) is 17.3 Å². The predicted molar refractivity (Wildman–Crippen MR) is 59.7 cm³/mol. The molecular formula is C10H8ClN3O. The minimum atomic E-state index is -0.214. The molecule has 0 saturated carbocycles. The Labute approximate surface area is 90.7 Å². The molecular weight excluding hydrogens is 214 g/mol. The number of aromatic amines is 1. The van der Waals surface area contributed by atoms with Crippen molar-refractivity contribution in [3.05, 3.63) is 45.8 Å². The second-order valence-corrected chi connectivity index (χ2v) is 3.45. The Morgan fingerprint density at radius 1 is 1.33 bits per heavy atom. The molecule has 3 N–H and O–H groups in total. The number of nitrogen functional groups attached to an aromatic ring is 1. The summed E-state index contributed by atoms with van der Waals surface area (Å²) >= 11 is 5.76. The first kappa shape index (κ1) is 9.73. The summed E-state index contributed by atoms with van der Waals surface area (Å²) in [6.45, 7) is 0. The molecule has 0 aliphatic carbocycles. The average molecular weight is 222 g/mol. The van der Waals surface area contributed by atoms with Crippen LogP contribution in [0.4, 0.5) is 5.69 Å². The van der Waals surface area contributed by atoms with E-state index in [0.717, 1.165) is 0 Å². The lowest BCUT2D eigenvalue weighted by molar-refractivity contribution is 1.13. The highest BCUT2D eigenvalue weighted by atomic mass is 35.5. The van der Waals surface area contributed by atoms with Gasteiger partial charge in [-0.25, -0.2) is 4.98 Å². The smallest absolute Gasteiger partial charge is 0.251 e. The molecule has 0 saturated heterocycles. The van der Waals surface area contributed by atoms with Crippen LogP contribution in [0.1, 0.15) is 0 Å². The SMILES string of the molecule is Nc1cc(Cl)ccc1-c1nccc(=O)[nH]1. The van der Waals surface area contributed by atoms with Crippen LogP contribution >= 0.6 is 11.6 Å². The van der Waals surface area contributed by atoms with Gasteiger partial charge in [0.25, 0.3) is 5.56 Å². The predicted octanol–water partition coefficient (Wildman–Crippen LogP) is 1.67. The molecule has 1 heterocycles. The van der Waals surface area contributed by atoms with E-state index < -0.39 is 0 Å². The number of aromatic nitrogens is 2. The molecule has 0 bridgehead atoms. The van der Waals surface area contributed by atoms with Gasteiger partial charge in [0.05, 0.1) is 0 Å². The Hall–Kier alpha value is -1.81. The van der Waals surface area contributed by atoms with Crippen LogP contribution in [-0.2, 0) is 0 Å². The highest BCUT2D eigenvalue weighted by Gasteiger charge is 2.04. The van der Waals surface area contributed by atoms with E-state index in [-0.39, 0.29) is 5.56 Å². The third kappa shape index (κ3) is 1.99. The van der Waals surface area contributed by atoms with E-state index >= 15 is 0 Å². The van der Waals surface area contributed by atoms with Gasteiger partial charge in [-0.2, -0.15) is 0 Å². The second-order valence-electron chi connectivity index (χ2n) is 3.01. The fourth-order valence-corrected chi connectivity index (χ4v) is 1.44. The van der Waals surface area contributed by atoms with Crippen LogP contribution in [0.15, 0.2) is 35.3 Å². The van der Waals surface area contributed by atoms with Crippen molar-refractivity contribution in [2.24, 2.45) is 0 Å². The Balaban J connectivity index is 2.59. The minimum Gasteiger partial charge on any atom is -0.398 e. The summed E-state index contributed by atoms with van der Waals surface area (Å²) in [6, 6.07) is 6.37. The van der Waals surface area contributed by atoms with Gasteiger partial charge in [0, 0.05) is 28.5 Å². The summed E-state index contributed by atoms with van der Waals surface area (Å²) in [6.07, 6.45) is 1.43. The molecule has 0 fully saturated rings. The number of hydrogen-bond donors (Lipinski definition) is 2. The molecule has 0 atom stereocenters. The maximum atomic E-state index is 11.1. The van der Waals surface area contributed by atoms with Crippen LogP contribution in [0, 0.1) is 0 Å². The number of nitrogens with zero attached hydrogens (tertiary/aromatic N) is 1. The van der Waals surface area contributed by atoms with Gasteiger partial charge in [-0.05, 0) is 18.2 Å². The highest BCUT2D eigenvalue weighted by Crippen LogP contribution is 2.24. The van der Waals surface area contributed by atoms with Crippen molar-refractivity contribution in [1.82, 2.24) is 9.97 Å². The number of rotatable bonds is 1. The summed E-state index contributed by atoms with van der Waals surface area (Å²) < 4.78 is 0. The Morgan fingerprint density at radius 3 is 2.80 bits per heavy atom. The summed E-state index contributed by atoms with van der Waals surface area (Å²) in [5, 5.41) is 0.550. The van der Waals surface area contributed by atoms with Crippen LogP contribution in [0.25, 0.3) is 11.4 Å². The summed E-state index contributed by atoms with van der Waals surface area (Å²) in [4.78, 5) is 17.7. The van der Waals surface area contributed by atoms with Crippen molar-refractivity contribution in [3.63, 3.8) is 0 Å². The number of anilines is 1. The lowest BCUT2D eigenvalue weighted by atomic mass is 10.1. The number of benzene rings is 1. The Kier molecular flexibility index (Phi) is 2.43. The van der Waals surface area contributed by atoms with Crippen molar-refractivity contribution < 1.29 is 0 Å². The van der Waals surface area contributed by atoms with Crippen LogP contribution < -0.4 is 11.3 Å². The van der Waals surface area contributed by atoms with Gasteiger partial charge in [0.2, 0.25) is 0 Å². The van der Waals surface area contributed by atoms with Gasteiger partial charge in [0.1, 0.15) is 5.82 Å². The second kappa shape index (κ2) is 3.74. The normalized spacial score (nSPS) is 10.2.